The fraction of sp³-hybridized carbons (Fsp3) is 0.579. The van der Waals surface area contributed by atoms with Crippen molar-refractivity contribution in [2.45, 2.75) is 52.1 Å². The second-order valence-electron chi connectivity index (χ2n) is 6.20. The minimum atomic E-state index is -0.534. The van der Waals surface area contributed by atoms with Crippen LogP contribution < -0.4 is 5.32 Å². The first-order valence-corrected chi connectivity index (χ1v) is 8.52. The number of hydrogen-bond donors (Lipinski definition) is 1. The smallest absolute Gasteiger partial charge is 0.323 e. The molecular weight excluding hydrogens is 306 g/mol. The molecule has 0 aromatic heterocycles. The first kappa shape index (κ1) is 20.2. The van der Waals surface area contributed by atoms with Crippen LogP contribution in [0.5, 0.6) is 0 Å². The van der Waals surface area contributed by atoms with Crippen LogP contribution in [0.4, 0.5) is 0 Å². The van der Waals surface area contributed by atoms with Crippen molar-refractivity contribution in [2.75, 3.05) is 13.7 Å². The Balaban J connectivity index is 2.78. The van der Waals surface area contributed by atoms with Crippen molar-refractivity contribution in [2.24, 2.45) is 5.92 Å². The van der Waals surface area contributed by atoms with E-state index in [1.807, 2.05) is 44.2 Å². The number of benzene rings is 1. The number of aryl methyl sites for hydroxylation is 1. The van der Waals surface area contributed by atoms with Gasteiger partial charge in [0.25, 0.3) is 0 Å². The van der Waals surface area contributed by atoms with E-state index in [0.29, 0.717) is 25.4 Å². The van der Waals surface area contributed by atoms with Crippen LogP contribution in [-0.4, -0.2) is 37.7 Å². The number of methoxy groups -OCH3 is 1. The summed E-state index contributed by atoms with van der Waals surface area (Å²) in [6.07, 6.45) is 1.90. The van der Waals surface area contributed by atoms with Gasteiger partial charge < -0.3 is 9.47 Å². The van der Waals surface area contributed by atoms with E-state index in [0.717, 1.165) is 12.0 Å². The SMILES string of the molecule is CCOC(=O)C(CCc1ccccc1)N[C@@H](CC(C)C)C(=O)OC. The van der Waals surface area contributed by atoms with Gasteiger partial charge in [0.1, 0.15) is 12.1 Å². The molecule has 0 radical (unpaired) electrons. The highest BCUT2D eigenvalue weighted by atomic mass is 16.5. The Labute approximate surface area is 144 Å². The van der Waals surface area contributed by atoms with Crippen LogP contribution in [0.15, 0.2) is 30.3 Å². The lowest BCUT2D eigenvalue weighted by molar-refractivity contribution is -0.148. The van der Waals surface area contributed by atoms with E-state index in [1.165, 1.54) is 7.11 Å². The largest absolute Gasteiger partial charge is 0.468 e. The van der Waals surface area contributed by atoms with Crippen LogP contribution in [0.2, 0.25) is 0 Å². The summed E-state index contributed by atoms with van der Waals surface area (Å²) >= 11 is 0. The molecule has 2 atom stereocenters. The summed E-state index contributed by atoms with van der Waals surface area (Å²) in [5.41, 5.74) is 1.15. The molecule has 0 fully saturated rings. The molecule has 1 N–H and O–H groups in total. The zero-order valence-corrected chi connectivity index (χ0v) is 15.1. The summed E-state index contributed by atoms with van der Waals surface area (Å²) in [4.78, 5) is 24.3. The molecule has 134 valence electrons. The molecule has 0 aliphatic heterocycles. The highest BCUT2D eigenvalue weighted by Crippen LogP contribution is 2.11. The number of nitrogens with one attached hydrogen (secondary N) is 1. The third-order valence-electron chi connectivity index (χ3n) is 3.73. The van der Waals surface area contributed by atoms with Gasteiger partial charge in [-0.3, -0.25) is 14.9 Å². The van der Waals surface area contributed by atoms with E-state index >= 15 is 0 Å². The van der Waals surface area contributed by atoms with E-state index < -0.39 is 12.1 Å². The Morgan fingerprint density at radius 3 is 2.29 bits per heavy atom. The van der Waals surface area contributed by atoms with Gasteiger partial charge >= 0.3 is 11.9 Å². The summed E-state index contributed by atoms with van der Waals surface area (Å²) in [5.74, 6) is -0.373. The molecular formula is C19H29NO4. The Morgan fingerprint density at radius 2 is 1.75 bits per heavy atom. The first-order chi connectivity index (χ1) is 11.5. The van der Waals surface area contributed by atoms with E-state index in [-0.39, 0.29) is 11.9 Å². The molecule has 1 aromatic rings. The van der Waals surface area contributed by atoms with E-state index in [1.54, 1.807) is 6.92 Å². The number of ether oxygens (including phenoxy) is 2. The van der Waals surface area contributed by atoms with Crippen molar-refractivity contribution in [1.82, 2.24) is 5.32 Å². The molecule has 1 unspecified atom stereocenters. The van der Waals surface area contributed by atoms with Gasteiger partial charge in [-0.05, 0) is 37.7 Å². The molecule has 1 rings (SSSR count). The molecule has 5 nitrogen and oxygen atoms in total. The van der Waals surface area contributed by atoms with Gasteiger partial charge in [-0.15, -0.1) is 0 Å². The molecule has 5 heteroatoms. The van der Waals surface area contributed by atoms with Gasteiger partial charge in [0.2, 0.25) is 0 Å². The van der Waals surface area contributed by atoms with Crippen molar-refractivity contribution in [3.8, 4) is 0 Å². The van der Waals surface area contributed by atoms with Crippen molar-refractivity contribution >= 4 is 11.9 Å². The Bertz CT molecular complexity index is 501. The van der Waals surface area contributed by atoms with Gasteiger partial charge in [0, 0.05) is 0 Å². The molecule has 0 bridgehead atoms. The van der Waals surface area contributed by atoms with E-state index in [9.17, 15) is 9.59 Å². The number of carbonyl (C=O) groups excluding carboxylic acids is 2. The first-order valence-electron chi connectivity index (χ1n) is 8.52. The summed E-state index contributed by atoms with van der Waals surface area (Å²) < 4.78 is 10.0. The maximum absolute atomic E-state index is 12.3. The van der Waals surface area contributed by atoms with Gasteiger partial charge in [0.05, 0.1) is 13.7 Å². The molecule has 0 spiro atoms. The van der Waals surface area contributed by atoms with Gasteiger partial charge in [-0.25, -0.2) is 0 Å². The quantitative estimate of drug-likeness (QED) is 0.666. The van der Waals surface area contributed by atoms with E-state index in [4.69, 9.17) is 9.47 Å². The van der Waals surface area contributed by atoms with Crippen LogP contribution in [0.3, 0.4) is 0 Å². The van der Waals surface area contributed by atoms with Crippen LogP contribution in [-0.2, 0) is 25.5 Å². The zero-order valence-electron chi connectivity index (χ0n) is 15.1. The number of rotatable bonds is 10. The maximum atomic E-state index is 12.3. The highest BCUT2D eigenvalue weighted by molar-refractivity contribution is 5.79. The molecule has 0 saturated carbocycles. The zero-order chi connectivity index (χ0) is 17.9. The summed E-state index contributed by atoms with van der Waals surface area (Å²) in [6.45, 7) is 6.15. The summed E-state index contributed by atoms with van der Waals surface area (Å²) in [6, 6.07) is 8.90. The average molecular weight is 335 g/mol. The fourth-order valence-corrected chi connectivity index (χ4v) is 2.56. The van der Waals surface area contributed by atoms with Crippen LogP contribution >= 0.6 is 0 Å². The lowest BCUT2D eigenvalue weighted by Crippen LogP contribution is -2.49. The van der Waals surface area contributed by atoms with Crippen LogP contribution in [0.1, 0.15) is 39.2 Å². The average Bonchev–Trinajstić information content (AvgIpc) is 2.57. The van der Waals surface area contributed by atoms with Gasteiger partial charge in [-0.2, -0.15) is 0 Å². The number of esters is 2. The molecule has 0 saturated heterocycles. The van der Waals surface area contributed by atoms with Crippen molar-refractivity contribution in [3.05, 3.63) is 35.9 Å². The summed E-state index contributed by atoms with van der Waals surface area (Å²) in [7, 11) is 1.36. The Hall–Kier alpha value is -1.88. The Kier molecular flexibility index (Phi) is 9.08. The molecule has 0 aliphatic carbocycles. The van der Waals surface area contributed by atoms with Crippen molar-refractivity contribution in [1.29, 1.82) is 0 Å². The predicted octanol–water partition coefficient (Wildman–Crippen LogP) is 2.73. The molecule has 24 heavy (non-hydrogen) atoms. The van der Waals surface area contributed by atoms with Crippen molar-refractivity contribution < 1.29 is 19.1 Å². The standard InChI is InChI=1S/C19H29NO4/c1-5-24-19(22)16(12-11-15-9-7-6-8-10-15)20-17(13-14(2)3)18(21)23-4/h6-10,14,16-17,20H,5,11-13H2,1-4H3/t16?,17-/m0/s1. The van der Waals surface area contributed by atoms with Crippen LogP contribution in [0.25, 0.3) is 0 Å². The number of hydrogen-bond acceptors (Lipinski definition) is 5. The number of carbonyl (C=O) groups is 2. The molecule has 1 aromatic carbocycles. The van der Waals surface area contributed by atoms with Gasteiger partial charge in [-0.1, -0.05) is 44.2 Å². The maximum Gasteiger partial charge on any atom is 0.323 e. The van der Waals surface area contributed by atoms with Crippen molar-refractivity contribution in [3.63, 3.8) is 0 Å². The minimum Gasteiger partial charge on any atom is -0.468 e. The fourth-order valence-electron chi connectivity index (χ4n) is 2.56. The molecule has 0 aliphatic rings. The lowest BCUT2D eigenvalue weighted by Gasteiger charge is -2.24. The molecule has 0 heterocycles. The van der Waals surface area contributed by atoms with Gasteiger partial charge in [0.15, 0.2) is 0 Å². The minimum absolute atomic E-state index is 0.304. The third-order valence-corrected chi connectivity index (χ3v) is 3.73. The third kappa shape index (κ3) is 7.13. The summed E-state index contributed by atoms with van der Waals surface area (Å²) in [5, 5.41) is 3.14. The second-order valence-corrected chi connectivity index (χ2v) is 6.20. The molecule has 0 amide bonds. The topological polar surface area (TPSA) is 64.6 Å². The monoisotopic (exact) mass is 335 g/mol. The van der Waals surface area contributed by atoms with Crippen LogP contribution in [0, 0.1) is 5.92 Å². The normalized spacial score (nSPS) is 13.4. The second kappa shape index (κ2) is 10.8. The highest BCUT2D eigenvalue weighted by Gasteiger charge is 2.28. The lowest BCUT2D eigenvalue weighted by atomic mass is 10.0. The predicted molar refractivity (Wildman–Crippen MR) is 93.6 cm³/mol. The Morgan fingerprint density at radius 1 is 1.08 bits per heavy atom. The van der Waals surface area contributed by atoms with E-state index in [2.05, 4.69) is 5.32 Å².